The van der Waals surface area contributed by atoms with Crippen LogP contribution in [-0.4, -0.2) is 14.5 Å². The largest absolute Gasteiger partial charge is 0.309 e. The SMILES string of the molecule is c1ccc(-c2cc(-c3cncc4ccccc34)cc(-n3c4c(c5ccccc53)-c3ccccc3N(c3cccc(-c5cncc6ccccc56)c3)c3ccccc3-4)c2)cc1. The van der Waals surface area contributed by atoms with Crippen molar-refractivity contribution in [1.82, 2.24) is 14.5 Å². The molecule has 12 rings (SSSR count). The van der Waals surface area contributed by atoms with Crippen molar-refractivity contribution in [2.45, 2.75) is 0 Å². The Kier molecular flexibility index (Phi) is 7.82. The molecule has 4 heteroatoms. The average Bonchev–Trinajstić information content (AvgIpc) is 3.60. The molecule has 0 saturated heterocycles. The van der Waals surface area contributed by atoms with Gasteiger partial charge in [0.05, 0.1) is 22.6 Å². The zero-order valence-electron chi connectivity index (χ0n) is 32.6. The highest BCUT2D eigenvalue weighted by Crippen LogP contribution is 2.55. The lowest BCUT2D eigenvalue weighted by Crippen LogP contribution is -2.11. The van der Waals surface area contributed by atoms with Crippen LogP contribution in [0.25, 0.3) is 93.9 Å². The molecule has 0 unspecified atom stereocenters. The van der Waals surface area contributed by atoms with Gasteiger partial charge in [-0.05, 0) is 81.6 Å². The summed E-state index contributed by atoms with van der Waals surface area (Å²) in [5.74, 6) is 0. The molecule has 0 spiro atoms. The molecule has 1 aliphatic heterocycles. The summed E-state index contributed by atoms with van der Waals surface area (Å²) >= 11 is 0. The second-order valence-electron chi connectivity index (χ2n) is 15.4. The quantitative estimate of drug-likeness (QED) is 0.175. The highest BCUT2D eigenvalue weighted by atomic mass is 15.2. The first-order chi connectivity index (χ1) is 29.8. The van der Waals surface area contributed by atoms with Crippen molar-refractivity contribution in [3.8, 4) is 61.5 Å². The maximum atomic E-state index is 4.73. The summed E-state index contributed by atoms with van der Waals surface area (Å²) in [4.78, 5) is 11.8. The molecule has 0 radical (unpaired) electrons. The smallest absolute Gasteiger partial charge is 0.0641 e. The summed E-state index contributed by atoms with van der Waals surface area (Å²) < 4.78 is 2.50. The first kappa shape index (κ1) is 34.0. The lowest BCUT2D eigenvalue weighted by atomic mass is 9.95. The van der Waals surface area contributed by atoms with Gasteiger partial charge >= 0.3 is 0 Å². The topological polar surface area (TPSA) is 34.0 Å². The zero-order valence-corrected chi connectivity index (χ0v) is 32.6. The predicted molar refractivity (Wildman–Crippen MR) is 249 cm³/mol. The van der Waals surface area contributed by atoms with Crippen LogP contribution in [0.4, 0.5) is 17.1 Å². The number of nitrogens with zero attached hydrogens (tertiary/aromatic N) is 4. The maximum absolute atomic E-state index is 4.73. The minimum absolute atomic E-state index is 1.08. The van der Waals surface area contributed by atoms with Crippen molar-refractivity contribution < 1.29 is 0 Å². The Morgan fingerprint density at radius 2 is 0.883 bits per heavy atom. The third-order valence-corrected chi connectivity index (χ3v) is 12.0. The van der Waals surface area contributed by atoms with Crippen molar-refractivity contribution in [2.24, 2.45) is 0 Å². The molecule has 280 valence electrons. The zero-order chi connectivity index (χ0) is 39.6. The number of hydrogen-bond donors (Lipinski definition) is 0. The fraction of sp³-hybridized carbons (Fsp3) is 0. The molecule has 11 aromatic rings. The van der Waals surface area contributed by atoms with Gasteiger partial charge in [0, 0.05) is 80.1 Å². The average molecular weight is 765 g/mol. The van der Waals surface area contributed by atoms with Crippen molar-refractivity contribution in [3.05, 3.63) is 219 Å². The minimum Gasteiger partial charge on any atom is -0.309 e. The Hall–Kier alpha value is -8.08. The van der Waals surface area contributed by atoms with E-state index in [9.17, 15) is 0 Å². The van der Waals surface area contributed by atoms with Gasteiger partial charge in [0.15, 0.2) is 0 Å². The van der Waals surface area contributed by atoms with Crippen LogP contribution in [0, 0.1) is 0 Å². The molecule has 0 bridgehead atoms. The van der Waals surface area contributed by atoms with Crippen LogP contribution in [0.2, 0.25) is 0 Å². The van der Waals surface area contributed by atoms with Gasteiger partial charge in [-0.1, -0.05) is 146 Å². The van der Waals surface area contributed by atoms with Crippen molar-refractivity contribution in [3.63, 3.8) is 0 Å². The Labute approximate surface area is 347 Å². The van der Waals surface area contributed by atoms with Gasteiger partial charge in [-0.25, -0.2) is 0 Å². The molecular formula is C56H36N4. The standard InChI is InChI=1S/C56H36N4/c1-2-15-37(16-3-1)41-29-42(51-36-58-34-40-18-5-7-22-46(40)51)32-44(31-41)60-53-27-12-9-24-48(53)55-47-23-8-11-26-52(47)59(54-28-13-10-25-49(54)56(55)60)43-20-14-19-38(30-43)50-35-57-33-39-17-4-6-21-45(39)50/h1-36H. The van der Waals surface area contributed by atoms with E-state index < -0.39 is 0 Å². The monoisotopic (exact) mass is 764 g/mol. The Morgan fingerprint density at radius 1 is 0.333 bits per heavy atom. The Morgan fingerprint density at radius 3 is 1.63 bits per heavy atom. The molecule has 4 heterocycles. The highest BCUT2D eigenvalue weighted by Gasteiger charge is 2.31. The van der Waals surface area contributed by atoms with E-state index in [1.54, 1.807) is 0 Å². The van der Waals surface area contributed by atoms with Gasteiger partial charge in [-0.15, -0.1) is 0 Å². The summed E-state index contributed by atoms with van der Waals surface area (Å²) in [5, 5.41) is 5.81. The second-order valence-corrected chi connectivity index (χ2v) is 15.4. The van der Waals surface area contributed by atoms with Crippen LogP contribution in [0.3, 0.4) is 0 Å². The molecule has 0 N–H and O–H groups in total. The summed E-state index contributed by atoms with van der Waals surface area (Å²) in [7, 11) is 0. The molecule has 8 aromatic carbocycles. The van der Waals surface area contributed by atoms with Crippen LogP contribution < -0.4 is 4.90 Å². The number of pyridine rings is 2. The highest BCUT2D eigenvalue weighted by molar-refractivity contribution is 6.13. The van der Waals surface area contributed by atoms with E-state index in [2.05, 4.69) is 209 Å². The molecule has 3 aromatic heterocycles. The van der Waals surface area contributed by atoms with Crippen molar-refractivity contribution in [1.29, 1.82) is 0 Å². The number of rotatable bonds is 5. The lowest BCUT2D eigenvalue weighted by Gasteiger charge is -2.28. The fourth-order valence-corrected chi connectivity index (χ4v) is 9.39. The molecule has 0 atom stereocenters. The molecule has 0 saturated carbocycles. The molecule has 60 heavy (non-hydrogen) atoms. The van der Waals surface area contributed by atoms with Crippen molar-refractivity contribution in [2.75, 3.05) is 4.90 Å². The molecule has 0 fully saturated rings. The van der Waals surface area contributed by atoms with E-state index in [0.717, 1.165) is 83.7 Å². The lowest BCUT2D eigenvalue weighted by molar-refractivity contribution is 1.14. The van der Waals surface area contributed by atoms with Crippen LogP contribution in [-0.2, 0) is 0 Å². The van der Waals surface area contributed by atoms with Gasteiger partial charge in [0.25, 0.3) is 0 Å². The minimum atomic E-state index is 1.08. The second kappa shape index (κ2) is 13.8. The summed E-state index contributed by atoms with van der Waals surface area (Å²) in [6.45, 7) is 0. The first-order valence-electron chi connectivity index (χ1n) is 20.4. The molecule has 4 nitrogen and oxygen atoms in total. The van der Waals surface area contributed by atoms with Crippen LogP contribution >= 0.6 is 0 Å². The molecule has 0 amide bonds. The fourth-order valence-electron chi connectivity index (χ4n) is 9.39. The van der Waals surface area contributed by atoms with Crippen LogP contribution in [0.1, 0.15) is 0 Å². The van der Waals surface area contributed by atoms with Gasteiger partial charge in [-0.3, -0.25) is 9.97 Å². The summed E-state index contributed by atoms with van der Waals surface area (Å²) in [5.41, 5.74) is 17.0. The number of anilines is 3. The molecular weight excluding hydrogens is 729 g/mol. The normalized spacial score (nSPS) is 12.0. The van der Waals surface area contributed by atoms with E-state index in [4.69, 9.17) is 4.98 Å². The number of hydrogen-bond acceptors (Lipinski definition) is 3. The summed E-state index contributed by atoms with van der Waals surface area (Å²) in [6.07, 6.45) is 7.90. The number of aromatic nitrogens is 3. The van der Waals surface area contributed by atoms with E-state index in [1.807, 2.05) is 24.8 Å². The third kappa shape index (κ3) is 5.39. The maximum Gasteiger partial charge on any atom is 0.0641 e. The number of para-hydroxylation sites is 3. The van der Waals surface area contributed by atoms with E-state index in [-0.39, 0.29) is 0 Å². The summed E-state index contributed by atoms with van der Waals surface area (Å²) in [6, 6.07) is 70.3. The van der Waals surface area contributed by atoms with Gasteiger partial charge in [0.1, 0.15) is 0 Å². The first-order valence-corrected chi connectivity index (χ1v) is 20.4. The van der Waals surface area contributed by atoms with E-state index >= 15 is 0 Å². The van der Waals surface area contributed by atoms with Gasteiger partial charge in [-0.2, -0.15) is 0 Å². The Bertz CT molecular complexity index is 3440. The van der Waals surface area contributed by atoms with Gasteiger partial charge < -0.3 is 9.47 Å². The van der Waals surface area contributed by atoms with Gasteiger partial charge in [0.2, 0.25) is 0 Å². The number of fused-ring (bicyclic) bond motifs is 9. The Balaban J connectivity index is 1.14. The van der Waals surface area contributed by atoms with Crippen LogP contribution in [0.5, 0.6) is 0 Å². The molecule has 0 aliphatic carbocycles. The predicted octanol–water partition coefficient (Wildman–Crippen LogP) is 14.8. The third-order valence-electron chi connectivity index (χ3n) is 12.0. The number of benzene rings is 8. The van der Waals surface area contributed by atoms with Crippen LogP contribution in [0.15, 0.2) is 219 Å². The van der Waals surface area contributed by atoms with Crippen molar-refractivity contribution >= 4 is 49.5 Å². The molecule has 1 aliphatic rings. The van der Waals surface area contributed by atoms with E-state index in [0.29, 0.717) is 0 Å². The van der Waals surface area contributed by atoms with E-state index in [1.165, 1.54) is 27.3 Å².